The number of nitrogens with zero attached hydrogens (tertiary/aromatic N) is 1. The summed E-state index contributed by atoms with van der Waals surface area (Å²) >= 11 is 1.84. The third-order valence-corrected chi connectivity index (χ3v) is 5.82. The fraction of sp³-hybridized carbons (Fsp3) is 0.500. The van der Waals surface area contributed by atoms with Crippen LogP contribution < -0.4 is 5.32 Å². The van der Waals surface area contributed by atoms with E-state index in [1.54, 1.807) is 11.1 Å². The van der Waals surface area contributed by atoms with E-state index in [-0.39, 0.29) is 0 Å². The van der Waals surface area contributed by atoms with Gasteiger partial charge in [-0.2, -0.15) is 0 Å². The predicted molar refractivity (Wildman–Crippen MR) is 89.0 cm³/mol. The van der Waals surface area contributed by atoms with E-state index in [0.29, 0.717) is 5.92 Å². The van der Waals surface area contributed by atoms with Crippen LogP contribution in [0.15, 0.2) is 23.6 Å². The van der Waals surface area contributed by atoms with Gasteiger partial charge in [-0.1, -0.05) is 12.1 Å². The van der Waals surface area contributed by atoms with Crippen LogP contribution in [0.3, 0.4) is 0 Å². The summed E-state index contributed by atoms with van der Waals surface area (Å²) in [6, 6.07) is 6.97. The second kappa shape index (κ2) is 5.90. The molecule has 1 aliphatic heterocycles. The molecule has 1 unspecified atom stereocenters. The minimum atomic E-state index is 0.620. The van der Waals surface area contributed by atoms with E-state index in [1.807, 2.05) is 11.3 Å². The third kappa shape index (κ3) is 2.77. The number of hydrogen-bond donors (Lipinski definition) is 1. The van der Waals surface area contributed by atoms with E-state index in [4.69, 9.17) is 4.98 Å². The maximum atomic E-state index is 4.93. The van der Waals surface area contributed by atoms with Crippen molar-refractivity contribution in [2.75, 3.05) is 13.1 Å². The number of rotatable bonds is 2. The van der Waals surface area contributed by atoms with Gasteiger partial charge in [0.2, 0.25) is 0 Å². The predicted octanol–water partition coefficient (Wildman–Crippen LogP) is 4.16. The Kier molecular flexibility index (Phi) is 3.78. The first-order chi connectivity index (χ1) is 10.4. The maximum absolute atomic E-state index is 4.93. The Bertz CT molecular complexity index is 626. The molecule has 1 saturated heterocycles. The molecular weight excluding hydrogens is 276 g/mol. The zero-order valence-electron chi connectivity index (χ0n) is 12.4. The second-order valence-electron chi connectivity index (χ2n) is 6.30. The van der Waals surface area contributed by atoms with Crippen molar-refractivity contribution in [1.82, 2.24) is 10.3 Å². The first-order valence-electron chi connectivity index (χ1n) is 8.18. The van der Waals surface area contributed by atoms with Crippen LogP contribution in [0.5, 0.6) is 0 Å². The van der Waals surface area contributed by atoms with Crippen molar-refractivity contribution in [1.29, 1.82) is 0 Å². The Morgan fingerprint density at radius 3 is 2.86 bits per heavy atom. The highest BCUT2D eigenvalue weighted by atomic mass is 32.1. The smallest absolute Gasteiger partial charge is 0.0976 e. The summed E-state index contributed by atoms with van der Waals surface area (Å²) in [7, 11) is 0. The molecule has 0 saturated carbocycles. The first-order valence-corrected chi connectivity index (χ1v) is 9.06. The highest BCUT2D eigenvalue weighted by molar-refractivity contribution is 7.10. The van der Waals surface area contributed by atoms with Crippen molar-refractivity contribution in [3.63, 3.8) is 0 Å². The van der Waals surface area contributed by atoms with Crippen LogP contribution >= 0.6 is 11.3 Å². The summed E-state index contributed by atoms with van der Waals surface area (Å²) in [5, 5.41) is 7.05. The van der Waals surface area contributed by atoms with E-state index in [9.17, 15) is 0 Å². The van der Waals surface area contributed by atoms with Crippen molar-refractivity contribution < 1.29 is 0 Å². The Hall–Kier alpha value is -1.19. The van der Waals surface area contributed by atoms with E-state index < -0.39 is 0 Å². The van der Waals surface area contributed by atoms with Crippen molar-refractivity contribution >= 4 is 11.3 Å². The number of benzene rings is 1. The van der Waals surface area contributed by atoms with Gasteiger partial charge in [-0.05, 0) is 62.3 Å². The molecule has 1 atom stereocenters. The molecule has 110 valence electrons. The van der Waals surface area contributed by atoms with Crippen molar-refractivity contribution in [3.8, 4) is 11.3 Å². The molecule has 2 aliphatic rings. The minimum Gasteiger partial charge on any atom is -0.316 e. The molecular formula is C18H22N2S. The molecule has 1 aromatic carbocycles. The number of nitrogens with one attached hydrogen (secondary N) is 1. The quantitative estimate of drug-likeness (QED) is 0.900. The number of thiazole rings is 1. The van der Waals surface area contributed by atoms with Crippen molar-refractivity contribution in [3.05, 3.63) is 39.7 Å². The third-order valence-electron chi connectivity index (χ3n) is 4.81. The number of aryl methyl sites for hydroxylation is 2. The van der Waals surface area contributed by atoms with E-state index in [0.717, 1.165) is 6.54 Å². The summed E-state index contributed by atoms with van der Waals surface area (Å²) in [6.45, 7) is 2.26. The van der Waals surface area contributed by atoms with E-state index in [1.165, 1.54) is 61.3 Å². The topological polar surface area (TPSA) is 24.9 Å². The van der Waals surface area contributed by atoms with Crippen LogP contribution in [0, 0.1) is 0 Å². The highest BCUT2D eigenvalue weighted by Crippen LogP contribution is 2.32. The Balaban J connectivity index is 1.60. The molecule has 2 heterocycles. The van der Waals surface area contributed by atoms with E-state index >= 15 is 0 Å². The fourth-order valence-electron chi connectivity index (χ4n) is 3.56. The average Bonchev–Trinajstić information content (AvgIpc) is 3.05. The monoisotopic (exact) mass is 298 g/mol. The fourth-order valence-corrected chi connectivity index (χ4v) is 4.53. The zero-order valence-corrected chi connectivity index (χ0v) is 13.2. The summed E-state index contributed by atoms with van der Waals surface area (Å²) in [6.07, 6.45) is 7.75. The van der Waals surface area contributed by atoms with Gasteiger partial charge < -0.3 is 5.32 Å². The molecule has 1 N–H and O–H groups in total. The highest BCUT2D eigenvalue weighted by Gasteiger charge is 2.19. The van der Waals surface area contributed by atoms with Crippen LogP contribution in [-0.2, 0) is 12.8 Å². The lowest BCUT2D eigenvalue weighted by atomic mass is 9.90. The molecule has 1 fully saturated rings. The van der Waals surface area contributed by atoms with E-state index in [2.05, 4.69) is 28.9 Å². The number of piperidine rings is 1. The van der Waals surface area contributed by atoms with Crippen LogP contribution in [-0.4, -0.2) is 18.1 Å². The molecule has 0 amide bonds. The lowest BCUT2D eigenvalue weighted by Gasteiger charge is -2.20. The SMILES string of the molecule is c1cc2c(cc1-c1csc(C3CCCNC3)n1)CCCC2. The zero-order chi connectivity index (χ0) is 14.1. The van der Waals surface area contributed by atoms with Crippen LogP contribution in [0.4, 0.5) is 0 Å². The van der Waals surface area contributed by atoms with Crippen molar-refractivity contribution in [2.45, 2.75) is 44.4 Å². The minimum absolute atomic E-state index is 0.620. The Morgan fingerprint density at radius 2 is 2.00 bits per heavy atom. The summed E-state index contributed by atoms with van der Waals surface area (Å²) in [5.41, 5.74) is 5.58. The normalized spacial score (nSPS) is 22.0. The number of fused-ring (bicyclic) bond motifs is 1. The molecule has 21 heavy (non-hydrogen) atoms. The van der Waals surface area contributed by atoms with Crippen LogP contribution in [0.1, 0.15) is 47.7 Å². The molecule has 1 aromatic heterocycles. The Labute approximate surface area is 130 Å². The number of hydrogen-bond acceptors (Lipinski definition) is 3. The summed E-state index contributed by atoms with van der Waals surface area (Å²) < 4.78 is 0. The van der Waals surface area contributed by atoms with Crippen LogP contribution in [0.25, 0.3) is 11.3 Å². The lowest BCUT2D eigenvalue weighted by Crippen LogP contribution is -2.28. The van der Waals surface area contributed by atoms with Gasteiger partial charge in [-0.25, -0.2) is 4.98 Å². The van der Waals surface area contributed by atoms with Gasteiger partial charge in [0.05, 0.1) is 10.7 Å². The maximum Gasteiger partial charge on any atom is 0.0976 e. The Morgan fingerprint density at radius 1 is 1.10 bits per heavy atom. The summed E-state index contributed by atoms with van der Waals surface area (Å²) in [4.78, 5) is 4.93. The second-order valence-corrected chi connectivity index (χ2v) is 7.19. The van der Waals surface area contributed by atoms with Gasteiger partial charge in [-0.15, -0.1) is 11.3 Å². The molecule has 4 rings (SSSR count). The van der Waals surface area contributed by atoms with Gasteiger partial charge in [0.25, 0.3) is 0 Å². The van der Waals surface area contributed by atoms with Gasteiger partial charge in [-0.3, -0.25) is 0 Å². The van der Waals surface area contributed by atoms with Crippen LogP contribution in [0.2, 0.25) is 0 Å². The molecule has 1 aliphatic carbocycles. The molecule has 2 nitrogen and oxygen atoms in total. The molecule has 2 aromatic rings. The van der Waals surface area contributed by atoms with Gasteiger partial charge in [0, 0.05) is 23.4 Å². The molecule has 0 radical (unpaired) electrons. The molecule has 0 spiro atoms. The molecule has 3 heteroatoms. The van der Waals surface area contributed by atoms with Gasteiger partial charge in [0.1, 0.15) is 0 Å². The van der Waals surface area contributed by atoms with Gasteiger partial charge >= 0.3 is 0 Å². The lowest BCUT2D eigenvalue weighted by molar-refractivity contribution is 0.460. The standard InChI is InChI=1S/C18H22N2S/c1-2-5-14-10-15(8-7-13(14)4-1)17-12-21-18(20-17)16-6-3-9-19-11-16/h7-8,10,12,16,19H,1-6,9,11H2. The average molecular weight is 298 g/mol. The van der Waals surface area contributed by atoms with Crippen molar-refractivity contribution in [2.24, 2.45) is 0 Å². The molecule has 0 bridgehead atoms. The largest absolute Gasteiger partial charge is 0.316 e. The summed E-state index contributed by atoms with van der Waals surface area (Å²) in [5.74, 6) is 0.620. The first kappa shape index (κ1) is 13.5. The number of aromatic nitrogens is 1. The van der Waals surface area contributed by atoms with Gasteiger partial charge in [0.15, 0.2) is 0 Å².